The van der Waals surface area contributed by atoms with Gasteiger partial charge >= 0.3 is 0 Å². The second-order valence-corrected chi connectivity index (χ2v) is 6.97. The Bertz CT molecular complexity index is 753. The average molecular weight is 364 g/mol. The Morgan fingerprint density at radius 3 is 2.75 bits per heavy atom. The van der Waals surface area contributed by atoms with Crippen LogP contribution < -0.4 is 9.47 Å². The van der Waals surface area contributed by atoms with Gasteiger partial charge < -0.3 is 14.4 Å². The van der Waals surface area contributed by atoms with Crippen LogP contribution in [0.15, 0.2) is 42.5 Å². The smallest absolute Gasteiger partial charge is 0.258 e. The van der Waals surface area contributed by atoms with E-state index in [2.05, 4.69) is 0 Å². The van der Waals surface area contributed by atoms with Crippen molar-refractivity contribution in [1.82, 2.24) is 4.90 Å². The largest absolute Gasteiger partial charge is 0.497 e. The molecule has 0 saturated carbocycles. The van der Waals surface area contributed by atoms with Gasteiger partial charge in [-0.3, -0.25) is 4.79 Å². The van der Waals surface area contributed by atoms with Crippen LogP contribution in [0.5, 0.6) is 11.5 Å². The van der Waals surface area contributed by atoms with Crippen molar-refractivity contribution in [3.8, 4) is 11.5 Å². The minimum absolute atomic E-state index is 0.0389. The van der Waals surface area contributed by atoms with E-state index >= 15 is 0 Å². The lowest BCUT2D eigenvalue weighted by Crippen LogP contribution is -2.30. The molecule has 1 fully saturated rings. The number of methoxy groups -OCH3 is 2. The van der Waals surface area contributed by atoms with E-state index in [0.717, 1.165) is 11.3 Å². The summed E-state index contributed by atoms with van der Waals surface area (Å²) in [6, 6.07) is 12.9. The van der Waals surface area contributed by atoms with Gasteiger partial charge in [0, 0.05) is 23.4 Å². The lowest BCUT2D eigenvalue weighted by molar-refractivity contribution is 0.0757. The molecular weight excluding hydrogens is 346 g/mol. The molecule has 1 aliphatic heterocycles. The molecule has 1 aliphatic rings. The van der Waals surface area contributed by atoms with Crippen LogP contribution in [-0.2, 0) is 0 Å². The Kier molecular flexibility index (Phi) is 5.21. The molecule has 126 valence electrons. The summed E-state index contributed by atoms with van der Waals surface area (Å²) in [5.41, 5.74) is 1.57. The molecule has 1 unspecified atom stereocenters. The fourth-order valence-electron chi connectivity index (χ4n) is 2.74. The SMILES string of the molecule is COc1ccc(C(=O)N2CCSC2c2cccc(Cl)c2)c(OC)c1. The minimum atomic E-state index is -0.0514. The van der Waals surface area contributed by atoms with E-state index in [1.54, 1.807) is 44.2 Å². The van der Waals surface area contributed by atoms with Crippen LogP contribution in [0, 0.1) is 0 Å². The Labute approximate surface area is 150 Å². The molecule has 2 aromatic carbocycles. The molecule has 1 atom stereocenters. The zero-order valence-corrected chi connectivity index (χ0v) is 15.1. The van der Waals surface area contributed by atoms with Gasteiger partial charge in [-0.05, 0) is 29.8 Å². The van der Waals surface area contributed by atoms with Gasteiger partial charge in [0.2, 0.25) is 0 Å². The van der Waals surface area contributed by atoms with Gasteiger partial charge in [0.25, 0.3) is 5.91 Å². The van der Waals surface area contributed by atoms with E-state index in [0.29, 0.717) is 28.6 Å². The van der Waals surface area contributed by atoms with E-state index in [4.69, 9.17) is 21.1 Å². The molecule has 0 aromatic heterocycles. The van der Waals surface area contributed by atoms with Crippen molar-refractivity contribution < 1.29 is 14.3 Å². The molecule has 3 rings (SSSR count). The number of nitrogens with zero attached hydrogens (tertiary/aromatic N) is 1. The van der Waals surface area contributed by atoms with E-state index in [-0.39, 0.29) is 11.3 Å². The highest BCUT2D eigenvalue weighted by Gasteiger charge is 2.32. The van der Waals surface area contributed by atoms with Crippen molar-refractivity contribution in [2.45, 2.75) is 5.37 Å². The molecule has 1 heterocycles. The number of rotatable bonds is 4. The average Bonchev–Trinajstić information content (AvgIpc) is 3.10. The lowest BCUT2D eigenvalue weighted by atomic mass is 10.1. The van der Waals surface area contributed by atoms with E-state index < -0.39 is 0 Å². The number of halogens is 1. The van der Waals surface area contributed by atoms with Crippen molar-refractivity contribution in [2.24, 2.45) is 0 Å². The van der Waals surface area contributed by atoms with Crippen molar-refractivity contribution >= 4 is 29.3 Å². The van der Waals surface area contributed by atoms with Crippen LogP contribution in [0.2, 0.25) is 5.02 Å². The Morgan fingerprint density at radius 1 is 1.21 bits per heavy atom. The molecule has 6 heteroatoms. The van der Waals surface area contributed by atoms with Gasteiger partial charge in [-0.15, -0.1) is 11.8 Å². The highest BCUT2D eigenvalue weighted by atomic mass is 35.5. The van der Waals surface area contributed by atoms with Crippen LogP contribution in [-0.4, -0.2) is 37.3 Å². The van der Waals surface area contributed by atoms with Crippen LogP contribution in [0.4, 0.5) is 0 Å². The summed E-state index contributed by atoms with van der Waals surface area (Å²) in [6.45, 7) is 0.690. The molecule has 0 N–H and O–H groups in total. The Hall–Kier alpha value is -1.85. The molecular formula is C18H18ClNO3S. The van der Waals surface area contributed by atoms with E-state index in [1.165, 1.54) is 0 Å². The number of carbonyl (C=O) groups is 1. The van der Waals surface area contributed by atoms with E-state index in [1.807, 2.05) is 29.2 Å². The first-order valence-electron chi connectivity index (χ1n) is 7.54. The molecule has 4 nitrogen and oxygen atoms in total. The van der Waals surface area contributed by atoms with Crippen LogP contribution in [0.3, 0.4) is 0 Å². The summed E-state index contributed by atoms with van der Waals surface area (Å²) >= 11 is 7.84. The topological polar surface area (TPSA) is 38.8 Å². The molecule has 0 spiro atoms. The van der Waals surface area contributed by atoms with Gasteiger partial charge in [0.15, 0.2) is 0 Å². The standard InChI is InChI=1S/C18H18ClNO3S/c1-22-14-6-7-15(16(11-14)23-2)17(21)20-8-9-24-18(20)12-4-3-5-13(19)10-12/h3-7,10-11,18H,8-9H2,1-2H3. The summed E-state index contributed by atoms with van der Waals surface area (Å²) in [7, 11) is 3.14. The second kappa shape index (κ2) is 7.36. The summed E-state index contributed by atoms with van der Waals surface area (Å²) in [4.78, 5) is 14.9. The Balaban J connectivity index is 1.91. The predicted octanol–water partition coefficient (Wildman–Crippen LogP) is 4.25. The minimum Gasteiger partial charge on any atom is -0.497 e. The summed E-state index contributed by atoms with van der Waals surface area (Å²) in [5, 5.41) is 0.637. The first-order chi connectivity index (χ1) is 11.6. The van der Waals surface area contributed by atoms with Crippen molar-refractivity contribution in [3.63, 3.8) is 0 Å². The van der Waals surface area contributed by atoms with Gasteiger partial charge in [-0.2, -0.15) is 0 Å². The molecule has 2 aromatic rings. The van der Waals surface area contributed by atoms with Crippen molar-refractivity contribution in [1.29, 1.82) is 0 Å². The third-order valence-electron chi connectivity index (χ3n) is 3.92. The van der Waals surface area contributed by atoms with Gasteiger partial charge in [0.05, 0.1) is 19.8 Å². The molecule has 1 amide bonds. The van der Waals surface area contributed by atoms with Gasteiger partial charge in [0.1, 0.15) is 16.9 Å². The highest BCUT2D eigenvalue weighted by molar-refractivity contribution is 7.99. The molecule has 1 saturated heterocycles. The summed E-state index contributed by atoms with van der Waals surface area (Å²) in [6.07, 6.45) is 0. The van der Waals surface area contributed by atoms with E-state index in [9.17, 15) is 4.79 Å². The summed E-state index contributed by atoms with van der Waals surface area (Å²) in [5.74, 6) is 2.01. The van der Waals surface area contributed by atoms with Gasteiger partial charge in [-0.25, -0.2) is 0 Å². The maximum Gasteiger partial charge on any atom is 0.258 e. The van der Waals surface area contributed by atoms with Gasteiger partial charge in [-0.1, -0.05) is 23.7 Å². The van der Waals surface area contributed by atoms with Crippen molar-refractivity contribution in [3.05, 3.63) is 58.6 Å². The number of ether oxygens (including phenoxy) is 2. The summed E-state index contributed by atoms with van der Waals surface area (Å²) < 4.78 is 10.6. The predicted molar refractivity (Wildman–Crippen MR) is 97.2 cm³/mol. The maximum atomic E-state index is 13.1. The zero-order valence-electron chi connectivity index (χ0n) is 13.5. The number of amides is 1. The molecule has 0 radical (unpaired) electrons. The molecule has 0 bridgehead atoms. The van der Waals surface area contributed by atoms with Crippen molar-refractivity contribution in [2.75, 3.05) is 26.5 Å². The van der Waals surface area contributed by atoms with Crippen LogP contribution >= 0.6 is 23.4 Å². The lowest BCUT2D eigenvalue weighted by Gasteiger charge is -2.25. The third kappa shape index (κ3) is 3.32. The molecule has 24 heavy (non-hydrogen) atoms. The fourth-order valence-corrected chi connectivity index (χ4v) is 4.19. The van der Waals surface area contributed by atoms with Crippen LogP contribution in [0.1, 0.15) is 21.3 Å². The first-order valence-corrected chi connectivity index (χ1v) is 8.97. The highest BCUT2D eigenvalue weighted by Crippen LogP contribution is 2.40. The Morgan fingerprint density at radius 2 is 2.04 bits per heavy atom. The fraction of sp³-hybridized carbons (Fsp3) is 0.278. The number of benzene rings is 2. The quantitative estimate of drug-likeness (QED) is 0.814. The monoisotopic (exact) mass is 363 g/mol. The molecule has 0 aliphatic carbocycles. The number of hydrogen-bond donors (Lipinski definition) is 0. The number of thioether (sulfide) groups is 1. The normalized spacial score (nSPS) is 17.0. The third-order valence-corrected chi connectivity index (χ3v) is 5.42. The number of carbonyl (C=O) groups excluding carboxylic acids is 1. The zero-order chi connectivity index (χ0) is 17.1. The second-order valence-electron chi connectivity index (χ2n) is 5.34. The number of hydrogen-bond acceptors (Lipinski definition) is 4. The van der Waals surface area contributed by atoms with Crippen LogP contribution in [0.25, 0.3) is 0 Å². The maximum absolute atomic E-state index is 13.1. The first kappa shape index (κ1) is 17.0.